The number of nitrogens with one attached hydrogen (secondary N) is 1. The summed E-state index contributed by atoms with van der Waals surface area (Å²) in [5.41, 5.74) is 6.87. The molecule has 8 heteroatoms. The smallest absolute Gasteiger partial charge is 0.234 e. The minimum Gasteiger partial charge on any atom is -0.325 e. The normalized spacial score (nSPS) is 19.6. The number of fused-ring (bicyclic) bond motifs is 2. The van der Waals surface area contributed by atoms with Crippen LogP contribution in [-0.2, 0) is 23.3 Å². The molecule has 1 aliphatic heterocycles. The summed E-state index contributed by atoms with van der Waals surface area (Å²) in [7, 11) is 0. The largest absolute Gasteiger partial charge is 0.325 e. The third-order valence-corrected chi connectivity index (χ3v) is 7.52. The highest BCUT2D eigenvalue weighted by atomic mass is 16.2. The molecular weight excluding hydrogens is 426 g/mol. The van der Waals surface area contributed by atoms with E-state index < -0.39 is 5.41 Å². The van der Waals surface area contributed by atoms with E-state index >= 15 is 0 Å². The van der Waals surface area contributed by atoms with E-state index in [1.807, 2.05) is 23.0 Å². The molecule has 0 unspecified atom stereocenters. The molecule has 1 N–H and O–H groups in total. The molecule has 2 aliphatic rings. The summed E-state index contributed by atoms with van der Waals surface area (Å²) >= 11 is 0. The van der Waals surface area contributed by atoms with Crippen molar-refractivity contribution in [2.45, 2.75) is 65.5 Å². The zero-order valence-electron chi connectivity index (χ0n) is 20.1. The van der Waals surface area contributed by atoms with Gasteiger partial charge in [-0.25, -0.2) is 15.0 Å². The van der Waals surface area contributed by atoms with Crippen LogP contribution < -0.4 is 5.32 Å². The van der Waals surface area contributed by atoms with Crippen LogP contribution in [0, 0.1) is 12.8 Å². The lowest BCUT2D eigenvalue weighted by atomic mass is 9.78. The van der Waals surface area contributed by atoms with Crippen LogP contribution in [0.3, 0.4) is 0 Å². The predicted molar refractivity (Wildman–Crippen MR) is 131 cm³/mol. The van der Waals surface area contributed by atoms with Gasteiger partial charge in [0.2, 0.25) is 5.91 Å². The first kappa shape index (κ1) is 21.0. The molecule has 1 aromatic carbocycles. The molecule has 174 valence electrons. The number of rotatable bonds is 6. The number of carbonyl (C=O) groups excluding carboxylic acids is 1. The Hall–Kier alpha value is -3.55. The Bertz CT molecular complexity index is 1450. The van der Waals surface area contributed by atoms with Gasteiger partial charge < -0.3 is 9.88 Å². The number of benzene rings is 1. The third-order valence-electron chi connectivity index (χ3n) is 7.52. The monoisotopic (exact) mass is 455 g/mol. The van der Waals surface area contributed by atoms with E-state index in [0.717, 1.165) is 70.3 Å². The Labute approximate surface area is 198 Å². The number of carbonyl (C=O) groups is 1. The number of aryl methyl sites for hydroxylation is 2. The van der Waals surface area contributed by atoms with Crippen molar-refractivity contribution in [3.63, 3.8) is 0 Å². The quantitative estimate of drug-likeness (QED) is 0.454. The van der Waals surface area contributed by atoms with Gasteiger partial charge in [0.05, 0.1) is 17.2 Å². The first-order valence-electron chi connectivity index (χ1n) is 12.1. The second kappa shape index (κ2) is 7.48. The summed E-state index contributed by atoms with van der Waals surface area (Å²) in [6.45, 7) is 9.88. The maximum atomic E-state index is 12.9. The van der Waals surface area contributed by atoms with E-state index in [2.05, 4.69) is 58.7 Å². The number of aromatic nitrogens is 6. The first-order valence-corrected chi connectivity index (χ1v) is 12.1. The van der Waals surface area contributed by atoms with E-state index in [-0.39, 0.29) is 5.91 Å². The molecule has 4 aromatic rings. The molecule has 8 nitrogen and oxygen atoms in total. The minimum atomic E-state index is -0.502. The van der Waals surface area contributed by atoms with Crippen LogP contribution in [0.15, 0.2) is 30.7 Å². The van der Waals surface area contributed by atoms with Gasteiger partial charge in [-0.3, -0.25) is 9.48 Å². The number of amides is 1. The Kier molecular flexibility index (Phi) is 4.62. The SMILES string of the molecule is CCn1ncc(-c2nc3c(-c4ccc5c(c4)[C@](C)(CC4CC4)C(=O)N5)ncnc3n2CC)c1C. The molecule has 6 rings (SSSR count). The van der Waals surface area contributed by atoms with E-state index in [0.29, 0.717) is 5.92 Å². The van der Waals surface area contributed by atoms with Crippen LogP contribution in [0.5, 0.6) is 0 Å². The molecule has 4 heterocycles. The highest BCUT2D eigenvalue weighted by Crippen LogP contribution is 2.48. The maximum absolute atomic E-state index is 12.9. The van der Waals surface area contributed by atoms with Crippen LogP contribution in [0.1, 0.15) is 51.3 Å². The van der Waals surface area contributed by atoms with Crippen molar-refractivity contribution in [2.75, 3.05) is 5.32 Å². The van der Waals surface area contributed by atoms with Crippen molar-refractivity contribution < 1.29 is 4.79 Å². The Balaban J connectivity index is 1.51. The van der Waals surface area contributed by atoms with Gasteiger partial charge in [0.25, 0.3) is 0 Å². The molecule has 1 atom stereocenters. The zero-order chi connectivity index (χ0) is 23.6. The Morgan fingerprint density at radius 2 is 2.00 bits per heavy atom. The summed E-state index contributed by atoms with van der Waals surface area (Å²) in [5.74, 6) is 1.60. The van der Waals surface area contributed by atoms with Gasteiger partial charge in [0, 0.05) is 30.0 Å². The molecule has 3 aromatic heterocycles. The van der Waals surface area contributed by atoms with E-state index in [1.165, 1.54) is 12.8 Å². The molecule has 0 radical (unpaired) electrons. The summed E-state index contributed by atoms with van der Waals surface area (Å²) in [5, 5.41) is 7.61. The van der Waals surface area contributed by atoms with Crippen molar-refractivity contribution in [3.8, 4) is 22.6 Å². The van der Waals surface area contributed by atoms with Crippen molar-refractivity contribution >= 4 is 22.8 Å². The van der Waals surface area contributed by atoms with E-state index in [1.54, 1.807) is 6.33 Å². The molecule has 0 saturated heterocycles. The van der Waals surface area contributed by atoms with Gasteiger partial charge in [-0.05, 0) is 57.7 Å². The molecule has 1 fully saturated rings. The molecular formula is C26H29N7O. The number of nitrogens with zero attached hydrogens (tertiary/aromatic N) is 6. The van der Waals surface area contributed by atoms with Gasteiger partial charge >= 0.3 is 0 Å². The van der Waals surface area contributed by atoms with Gasteiger partial charge in [-0.2, -0.15) is 5.10 Å². The van der Waals surface area contributed by atoms with Crippen molar-refractivity contribution in [1.82, 2.24) is 29.3 Å². The number of imidazole rings is 1. The minimum absolute atomic E-state index is 0.0975. The fraction of sp³-hybridized carbons (Fsp3) is 0.423. The van der Waals surface area contributed by atoms with Crippen molar-refractivity contribution in [1.29, 1.82) is 0 Å². The van der Waals surface area contributed by atoms with Crippen LogP contribution in [-0.4, -0.2) is 35.2 Å². The molecule has 1 aliphatic carbocycles. The lowest BCUT2D eigenvalue weighted by molar-refractivity contribution is -0.120. The summed E-state index contributed by atoms with van der Waals surface area (Å²) in [6.07, 6.45) is 6.82. The average molecular weight is 456 g/mol. The lowest BCUT2D eigenvalue weighted by Crippen LogP contribution is -2.31. The van der Waals surface area contributed by atoms with Crippen LogP contribution >= 0.6 is 0 Å². The van der Waals surface area contributed by atoms with Crippen molar-refractivity contribution in [2.24, 2.45) is 5.92 Å². The molecule has 0 spiro atoms. The zero-order valence-corrected chi connectivity index (χ0v) is 20.1. The van der Waals surface area contributed by atoms with E-state index in [9.17, 15) is 4.79 Å². The number of anilines is 1. The molecule has 34 heavy (non-hydrogen) atoms. The standard InChI is InChI=1S/C26H29N7O/c1-5-32-23(18-13-29-33(6-2)15(18)3)31-22-21(27-14-28-24(22)32)17-9-10-20-19(11-17)26(4,25(34)30-20)12-16-7-8-16/h9-11,13-14,16H,5-8,12H2,1-4H3,(H,30,34)/t26-/m0/s1. The summed E-state index contributed by atoms with van der Waals surface area (Å²) in [6, 6.07) is 6.15. The first-order chi connectivity index (χ1) is 16.4. The second-order valence-corrected chi connectivity index (χ2v) is 9.73. The van der Waals surface area contributed by atoms with Gasteiger partial charge in [0.1, 0.15) is 23.4 Å². The topological polar surface area (TPSA) is 90.5 Å². The molecule has 1 saturated carbocycles. The third kappa shape index (κ3) is 3.01. The predicted octanol–water partition coefficient (Wildman–Crippen LogP) is 4.71. The summed E-state index contributed by atoms with van der Waals surface area (Å²) in [4.78, 5) is 27.2. The van der Waals surface area contributed by atoms with Crippen LogP contribution in [0.4, 0.5) is 5.69 Å². The average Bonchev–Trinajstić information content (AvgIpc) is 3.37. The summed E-state index contributed by atoms with van der Waals surface area (Å²) < 4.78 is 4.10. The Morgan fingerprint density at radius 1 is 1.18 bits per heavy atom. The maximum Gasteiger partial charge on any atom is 0.234 e. The van der Waals surface area contributed by atoms with Crippen LogP contribution in [0.2, 0.25) is 0 Å². The highest BCUT2D eigenvalue weighted by Gasteiger charge is 2.46. The fourth-order valence-corrected chi connectivity index (χ4v) is 5.38. The second-order valence-electron chi connectivity index (χ2n) is 9.73. The highest BCUT2D eigenvalue weighted by molar-refractivity contribution is 6.06. The van der Waals surface area contributed by atoms with Crippen LogP contribution in [0.25, 0.3) is 33.8 Å². The molecule has 0 bridgehead atoms. The lowest BCUT2D eigenvalue weighted by Gasteiger charge is -2.22. The van der Waals surface area contributed by atoms with Crippen molar-refractivity contribution in [3.05, 3.63) is 42.0 Å². The van der Waals surface area contributed by atoms with Gasteiger partial charge in [-0.15, -0.1) is 0 Å². The number of hydrogen-bond donors (Lipinski definition) is 1. The van der Waals surface area contributed by atoms with Gasteiger partial charge in [-0.1, -0.05) is 18.9 Å². The van der Waals surface area contributed by atoms with E-state index in [4.69, 9.17) is 4.98 Å². The fourth-order valence-electron chi connectivity index (χ4n) is 5.38. The number of hydrogen-bond acceptors (Lipinski definition) is 5. The Morgan fingerprint density at radius 3 is 2.71 bits per heavy atom. The van der Waals surface area contributed by atoms with Gasteiger partial charge in [0.15, 0.2) is 5.65 Å². The molecule has 1 amide bonds.